The molecular formula is C12H14F2N2. The summed E-state index contributed by atoms with van der Waals surface area (Å²) in [6, 6.07) is 2.65. The Balaban J connectivity index is 2.59. The van der Waals surface area contributed by atoms with E-state index in [2.05, 4.69) is 18.8 Å². The van der Waals surface area contributed by atoms with Gasteiger partial charge in [-0.2, -0.15) is 0 Å². The van der Waals surface area contributed by atoms with Crippen molar-refractivity contribution in [1.29, 1.82) is 0 Å². The number of aromatic nitrogens is 2. The van der Waals surface area contributed by atoms with E-state index in [4.69, 9.17) is 0 Å². The smallest absolute Gasteiger partial charge is 0.161 e. The summed E-state index contributed by atoms with van der Waals surface area (Å²) in [5.74, 6) is -1.66. The second-order valence-electron chi connectivity index (χ2n) is 3.88. The van der Waals surface area contributed by atoms with E-state index in [0.717, 1.165) is 18.9 Å². The zero-order valence-corrected chi connectivity index (χ0v) is 9.37. The van der Waals surface area contributed by atoms with Crippen LogP contribution in [-0.2, 0) is 0 Å². The van der Waals surface area contributed by atoms with Crippen molar-refractivity contribution in [3.63, 3.8) is 0 Å². The Kier molecular flexibility index (Phi) is 2.90. The lowest BCUT2D eigenvalue weighted by molar-refractivity contribution is 0.480. The van der Waals surface area contributed by atoms with Gasteiger partial charge in [0.1, 0.15) is 0 Å². The quantitative estimate of drug-likeness (QED) is 0.777. The number of nitrogens with zero attached hydrogens (tertiary/aromatic N) is 2. The average molecular weight is 224 g/mol. The molecule has 0 saturated heterocycles. The highest BCUT2D eigenvalue weighted by atomic mass is 19.2. The summed E-state index contributed by atoms with van der Waals surface area (Å²) in [5.41, 5.74) is 1.17. The number of hydrogen-bond acceptors (Lipinski definition) is 1. The summed E-state index contributed by atoms with van der Waals surface area (Å²) >= 11 is 0. The molecule has 0 saturated carbocycles. The van der Waals surface area contributed by atoms with Crippen LogP contribution < -0.4 is 0 Å². The number of rotatable bonds is 3. The van der Waals surface area contributed by atoms with Crippen molar-refractivity contribution in [2.24, 2.45) is 0 Å². The molecule has 0 spiro atoms. The summed E-state index contributed by atoms with van der Waals surface area (Å²) in [6.45, 7) is 4.14. The number of hydrogen-bond donors (Lipinski definition) is 0. The molecule has 0 atom stereocenters. The van der Waals surface area contributed by atoms with Gasteiger partial charge in [0.15, 0.2) is 11.6 Å². The summed E-state index contributed by atoms with van der Waals surface area (Å²) in [4.78, 5) is 4.09. The van der Waals surface area contributed by atoms with Gasteiger partial charge >= 0.3 is 0 Å². The zero-order chi connectivity index (χ0) is 11.7. The fourth-order valence-corrected chi connectivity index (χ4v) is 2.00. The van der Waals surface area contributed by atoms with E-state index in [1.165, 1.54) is 6.07 Å². The fraction of sp³-hybridized carbons (Fsp3) is 0.417. The Bertz CT molecular complexity index is 501. The maximum atomic E-state index is 13.2. The van der Waals surface area contributed by atoms with Crippen LogP contribution in [0.3, 0.4) is 0 Å². The van der Waals surface area contributed by atoms with Gasteiger partial charge in [0, 0.05) is 18.2 Å². The second kappa shape index (κ2) is 4.20. The zero-order valence-electron chi connectivity index (χ0n) is 9.37. The van der Waals surface area contributed by atoms with Gasteiger partial charge in [0.05, 0.1) is 17.4 Å². The number of benzene rings is 1. The van der Waals surface area contributed by atoms with E-state index < -0.39 is 11.6 Å². The lowest BCUT2D eigenvalue weighted by Gasteiger charge is -2.15. The SMILES string of the molecule is CCC(CC)n1cnc2cc(F)c(F)cc21. The molecule has 1 aromatic carbocycles. The summed E-state index contributed by atoms with van der Waals surface area (Å²) in [6.07, 6.45) is 3.54. The van der Waals surface area contributed by atoms with Crippen molar-refractivity contribution in [3.05, 3.63) is 30.1 Å². The fourth-order valence-electron chi connectivity index (χ4n) is 2.00. The predicted octanol–water partition coefficient (Wildman–Crippen LogP) is 3.68. The first-order valence-corrected chi connectivity index (χ1v) is 5.49. The monoisotopic (exact) mass is 224 g/mol. The highest BCUT2D eigenvalue weighted by Gasteiger charge is 2.13. The summed E-state index contributed by atoms with van der Waals surface area (Å²) in [5, 5.41) is 0. The Morgan fingerprint density at radius 3 is 2.44 bits per heavy atom. The van der Waals surface area contributed by atoms with Crippen molar-refractivity contribution in [3.8, 4) is 0 Å². The standard InChI is InChI=1S/C12H14F2N2/c1-3-8(4-2)16-7-15-11-5-9(13)10(14)6-12(11)16/h5-8H,3-4H2,1-2H3. The summed E-state index contributed by atoms with van der Waals surface area (Å²) in [7, 11) is 0. The van der Waals surface area contributed by atoms with Crippen LogP contribution in [0.5, 0.6) is 0 Å². The highest BCUT2D eigenvalue weighted by molar-refractivity contribution is 5.75. The van der Waals surface area contributed by atoms with E-state index in [9.17, 15) is 8.78 Å². The molecule has 0 radical (unpaired) electrons. The first kappa shape index (κ1) is 11.0. The molecule has 4 heteroatoms. The molecule has 16 heavy (non-hydrogen) atoms. The Labute approximate surface area is 92.9 Å². The van der Waals surface area contributed by atoms with Gasteiger partial charge < -0.3 is 4.57 Å². The molecule has 0 aliphatic rings. The van der Waals surface area contributed by atoms with Gasteiger partial charge in [-0.25, -0.2) is 13.8 Å². The van der Waals surface area contributed by atoms with E-state index in [1.54, 1.807) is 6.33 Å². The van der Waals surface area contributed by atoms with Crippen LogP contribution in [0.15, 0.2) is 18.5 Å². The van der Waals surface area contributed by atoms with Gasteiger partial charge in [-0.3, -0.25) is 0 Å². The second-order valence-corrected chi connectivity index (χ2v) is 3.88. The maximum absolute atomic E-state index is 13.2. The Morgan fingerprint density at radius 2 is 1.81 bits per heavy atom. The van der Waals surface area contributed by atoms with Crippen LogP contribution in [0.25, 0.3) is 11.0 Å². The van der Waals surface area contributed by atoms with Crippen LogP contribution >= 0.6 is 0 Å². The lowest BCUT2D eigenvalue weighted by Crippen LogP contribution is -2.05. The number of halogens is 2. The van der Waals surface area contributed by atoms with Crippen molar-refractivity contribution >= 4 is 11.0 Å². The Hall–Kier alpha value is -1.45. The van der Waals surface area contributed by atoms with Crippen molar-refractivity contribution in [2.45, 2.75) is 32.7 Å². The molecule has 2 rings (SSSR count). The molecule has 2 nitrogen and oxygen atoms in total. The molecule has 0 fully saturated rings. The first-order valence-electron chi connectivity index (χ1n) is 5.49. The third-order valence-electron chi connectivity index (χ3n) is 2.95. The molecule has 86 valence electrons. The average Bonchev–Trinajstić information content (AvgIpc) is 2.65. The van der Waals surface area contributed by atoms with Gasteiger partial charge in [-0.05, 0) is 12.8 Å². The van der Waals surface area contributed by atoms with E-state index in [-0.39, 0.29) is 6.04 Å². The van der Waals surface area contributed by atoms with Crippen LogP contribution in [0.4, 0.5) is 8.78 Å². The largest absolute Gasteiger partial charge is 0.327 e. The van der Waals surface area contributed by atoms with Gasteiger partial charge in [0.25, 0.3) is 0 Å². The van der Waals surface area contributed by atoms with Crippen LogP contribution in [0.2, 0.25) is 0 Å². The summed E-state index contributed by atoms with van der Waals surface area (Å²) < 4.78 is 28.1. The highest BCUT2D eigenvalue weighted by Crippen LogP contribution is 2.24. The molecule has 0 aliphatic heterocycles. The molecule has 0 aliphatic carbocycles. The van der Waals surface area contributed by atoms with E-state index in [1.807, 2.05) is 4.57 Å². The van der Waals surface area contributed by atoms with Gasteiger partial charge in [0.2, 0.25) is 0 Å². The van der Waals surface area contributed by atoms with Crippen LogP contribution in [0, 0.1) is 11.6 Å². The van der Waals surface area contributed by atoms with Crippen LogP contribution in [-0.4, -0.2) is 9.55 Å². The Morgan fingerprint density at radius 1 is 1.19 bits per heavy atom. The first-order chi connectivity index (χ1) is 7.67. The molecule has 0 N–H and O–H groups in total. The van der Waals surface area contributed by atoms with Gasteiger partial charge in [-0.1, -0.05) is 13.8 Å². The molecule has 1 heterocycles. The minimum atomic E-state index is -0.845. The number of fused-ring (bicyclic) bond motifs is 1. The normalized spacial score (nSPS) is 11.6. The van der Waals surface area contributed by atoms with Crippen molar-refractivity contribution in [2.75, 3.05) is 0 Å². The van der Waals surface area contributed by atoms with Crippen molar-refractivity contribution in [1.82, 2.24) is 9.55 Å². The lowest BCUT2D eigenvalue weighted by atomic mass is 10.1. The molecule has 0 unspecified atom stereocenters. The third-order valence-corrected chi connectivity index (χ3v) is 2.95. The predicted molar refractivity (Wildman–Crippen MR) is 59.3 cm³/mol. The third kappa shape index (κ3) is 1.68. The van der Waals surface area contributed by atoms with E-state index >= 15 is 0 Å². The molecule has 0 amide bonds. The van der Waals surface area contributed by atoms with Crippen LogP contribution in [0.1, 0.15) is 32.7 Å². The molecule has 1 aromatic heterocycles. The molecular weight excluding hydrogens is 210 g/mol. The minimum Gasteiger partial charge on any atom is -0.327 e. The van der Waals surface area contributed by atoms with Crippen molar-refractivity contribution < 1.29 is 8.78 Å². The molecule has 0 bridgehead atoms. The van der Waals surface area contributed by atoms with Gasteiger partial charge in [-0.15, -0.1) is 0 Å². The topological polar surface area (TPSA) is 17.8 Å². The minimum absolute atomic E-state index is 0.287. The van der Waals surface area contributed by atoms with E-state index in [0.29, 0.717) is 11.0 Å². The molecule has 2 aromatic rings. The number of imidazole rings is 1. The maximum Gasteiger partial charge on any atom is 0.161 e.